The van der Waals surface area contributed by atoms with Crippen molar-refractivity contribution in [2.75, 3.05) is 31.1 Å². The molecule has 34 heavy (non-hydrogen) atoms. The summed E-state index contributed by atoms with van der Waals surface area (Å²) in [6.07, 6.45) is -1.12. The molecule has 3 aliphatic rings. The van der Waals surface area contributed by atoms with E-state index in [2.05, 4.69) is 6.58 Å². The third kappa shape index (κ3) is 6.60. The topological polar surface area (TPSA) is 69.7 Å². The van der Waals surface area contributed by atoms with Gasteiger partial charge in [0.05, 0.1) is 31.9 Å². The molecule has 1 aromatic heterocycles. The number of halogens is 3. The first-order valence-corrected chi connectivity index (χ1v) is 11.9. The number of fused-ring (bicyclic) bond motifs is 3. The molecular formula is C24H27F3N2O4S. The number of piperidine rings is 3. The van der Waals surface area contributed by atoms with Gasteiger partial charge >= 0.3 is 12.3 Å². The minimum Gasteiger partial charge on any atom is -0.542 e. The molecule has 2 aromatic rings. The summed E-state index contributed by atoms with van der Waals surface area (Å²) in [7, 11) is 0. The number of quaternary nitrogens is 1. The van der Waals surface area contributed by atoms with E-state index in [0.29, 0.717) is 12.5 Å². The highest BCUT2D eigenvalue weighted by molar-refractivity contribution is 7.08. The lowest BCUT2D eigenvalue weighted by Crippen LogP contribution is -2.64. The molecule has 184 valence electrons. The summed E-state index contributed by atoms with van der Waals surface area (Å²) in [4.78, 5) is 23.7. The van der Waals surface area contributed by atoms with Crippen molar-refractivity contribution in [2.24, 2.45) is 5.92 Å². The Morgan fingerprint density at radius 1 is 1.21 bits per heavy atom. The van der Waals surface area contributed by atoms with Gasteiger partial charge in [0, 0.05) is 24.1 Å². The van der Waals surface area contributed by atoms with Gasteiger partial charge in [0.25, 0.3) is 0 Å². The summed E-state index contributed by atoms with van der Waals surface area (Å²) in [6, 6.07) is 12.1. The summed E-state index contributed by atoms with van der Waals surface area (Å²) in [5.41, 5.74) is 2.01. The lowest BCUT2D eigenvalue weighted by atomic mass is 9.83. The molecule has 3 saturated heterocycles. The Morgan fingerprint density at radius 2 is 1.85 bits per heavy atom. The van der Waals surface area contributed by atoms with Gasteiger partial charge in [0.15, 0.2) is 6.10 Å². The first-order chi connectivity index (χ1) is 16.1. The lowest BCUT2D eigenvalue weighted by molar-refractivity contribution is -0.941. The Balaban J connectivity index is 0.000000406. The van der Waals surface area contributed by atoms with Crippen LogP contribution < -0.4 is 10.0 Å². The monoisotopic (exact) mass is 496 g/mol. The van der Waals surface area contributed by atoms with Crippen molar-refractivity contribution in [3.8, 4) is 0 Å². The van der Waals surface area contributed by atoms with Gasteiger partial charge in [-0.1, -0.05) is 36.9 Å². The number of benzene rings is 1. The molecule has 10 heteroatoms. The van der Waals surface area contributed by atoms with Crippen molar-refractivity contribution in [2.45, 2.75) is 31.7 Å². The average Bonchev–Trinajstić information content (AvgIpc) is 3.33. The van der Waals surface area contributed by atoms with Crippen LogP contribution in [0.5, 0.6) is 0 Å². The number of nitrogens with zero attached hydrogens (tertiary/aromatic N) is 2. The molecule has 0 spiro atoms. The Kier molecular flexibility index (Phi) is 8.37. The number of carboxylic acid groups (broad SMARTS) is 1. The van der Waals surface area contributed by atoms with Crippen molar-refractivity contribution >= 4 is 29.1 Å². The molecule has 0 N–H and O–H groups in total. The fourth-order valence-electron chi connectivity index (χ4n) is 4.52. The van der Waals surface area contributed by atoms with Crippen LogP contribution in [-0.4, -0.2) is 55.0 Å². The Bertz CT molecular complexity index is 958. The summed E-state index contributed by atoms with van der Waals surface area (Å²) in [6.45, 7) is 8.72. The zero-order chi connectivity index (χ0) is 24.8. The largest absolute Gasteiger partial charge is 0.542 e. The van der Waals surface area contributed by atoms with E-state index in [1.807, 2.05) is 53.2 Å². The van der Waals surface area contributed by atoms with Crippen molar-refractivity contribution in [3.63, 3.8) is 0 Å². The predicted molar refractivity (Wildman–Crippen MR) is 121 cm³/mol. The standard InChI is InChI=1S/C22H27N2O2S.C2HF3O2/c1-2-11-24-12-8-19(9-13-24)21(16-24)26-22(25)23(20-10-14-27-17-20)15-18-6-4-3-5-7-18;3-2(4,5)1(6)7/h2-7,10,14,17,19,21H,1,8-9,11-13,15-16H2;(H,6,7)/q+1;/p-1/t19?,21-,24?;/m0./s1. The smallest absolute Gasteiger partial charge is 0.430 e. The molecule has 5 rings (SSSR count). The van der Waals surface area contributed by atoms with Gasteiger partial charge < -0.3 is 19.1 Å². The zero-order valence-electron chi connectivity index (χ0n) is 18.6. The second-order valence-corrected chi connectivity index (χ2v) is 9.32. The van der Waals surface area contributed by atoms with Gasteiger partial charge in [-0.2, -0.15) is 24.5 Å². The predicted octanol–water partition coefficient (Wildman–Crippen LogP) is 3.98. The third-order valence-corrected chi connectivity index (χ3v) is 6.93. The molecule has 0 saturated carbocycles. The summed E-state index contributed by atoms with van der Waals surface area (Å²) >= 11 is 1.60. The number of rotatable bonds is 6. The van der Waals surface area contributed by atoms with Crippen LogP contribution in [0.1, 0.15) is 18.4 Å². The molecule has 1 amide bonds. The number of alkyl halides is 3. The maximum absolute atomic E-state index is 13.1. The fourth-order valence-corrected chi connectivity index (χ4v) is 5.16. The van der Waals surface area contributed by atoms with Crippen molar-refractivity contribution in [1.82, 2.24) is 0 Å². The van der Waals surface area contributed by atoms with E-state index in [4.69, 9.17) is 14.6 Å². The average molecular weight is 497 g/mol. The number of carbonyl (C=O) groups is 2. The van der Waals surface area contributed by atoms with Gasteiger partial charge in [-0.05, 0) is 23.1 Å². The van der Waals surface area contributed by atoms with Crippen molar-refractivity contribution in [1.29, 1.82) is 0 Å². The molecule has 2 bridgehead atoms. The number of hydrogen-bond acceptors (Lipinski definition) is 5. The van der Waals surface area contributed by atoms with Gasteiger partial charge in [-0.15, -0.1) is 0 Å². The van der Waals surface area contributed by atoms with Crippen LogP contribution in [0.15, 0.2) is 59.8 Å². The van der Waals surface area contributed by atoms with Crippen LogP contribution in [-0.2, 0) is 16.1 Å². The van der Waals surface area contributed by atoms with E-state index < -0.39 is 12.1 Å². The molecule has 1 atom stereocenters. The number of carbonyl (C=O) groups excluding carboxylic acids is 2. The molecule has 4 heterocycles. The van der Waals surface area contributed by atoms with Crippen LogP contribution in [0, 0.1) is 5.92 Å². The van der Waals surface area contributed by atoms with E-state index in [1.54, 1.807) is 16.2 Å². The van der Waals surface area contributed by atoms with Crippen LogP contribution in [0.4, 0.5) is 23.7 Å². The minimum atomic E-state index is -5.19. The number of aliphatic carboxylic acids is 1. The third-order valence-electron chi connectivity index (χ3n) is 6.26. The fraction of sp³-hybridized carbons (Fsp3) is 0.417. The Morgan fingerprint density at radius 3 is 2.38 bits per heavy atom. The summed E-state index contributed by atoms with van der Waals surface area (Å²) in [5, 5.41) is 12.8. The second kappa shape index (κ2) is 11.1. The minimum absolute atomic E-state index is 0.0110. The normalized spacial score (nSPS) is 23.4. The molecule has 3 fully saturated rings. The summed E-state index contributed by atoms with van der Waals surface area (Å²) in [5.74, 6) is -2.51. The van der Waals surface area contributed by atoms with E-state index in [1.165, 1.54) is 13.1 Å². The molecule has 0 aliphatic carbocycles. The second-order valence-electron chi connectivity index (χ2n) is 8.54. The van der Waals surface area contributed by atoms with Gasteiger partial charge in [-0.3, -0.25) is 4.90 Å². The Labute approximate surface area is 200 Å². The van der Waals surface area contributed by atoms with E-state index in [0.717, 1.165) is 41.7 Å². The highest BCUT2D eigenvalue weighted by Crippen LogP contribution is 2.36. The maximum atomic E-state index is 13.1. The number of amides is 1. The first kappa shape index (κ1) is 25.8. The van der Waals surface area contributed by atoms with E-state index in [9.17, 15) is 18.0 Å². The molecule has 0 unspecified atom stereocenters. The molecule has 1 aromatic carbocycles. The molecule has 0 radical (unpaired) electrons. The molecular weight excluding hydrogens is 469 g/mol. The van der Waals surface area contributed by atoms with Crippen LogP contribution in [0.25, 0.3) is 0 Å². The van der Waals surface area contributed by atoms with Crippen LogP contribution in [0.3, 0.4) is 0 Å². The number of anilines is 1. The van der Waals surface area contributed by atoms with Crippen molar-refractivity contribution < 1.29 is 37.1 Å². The lowest BCUT2D eigenvalue weighted by Gasteiger charge is -2.51. The molecule has 6 nitrogen and oxygen atoms in total. The SMILES string of the molecule is C=CC[N+]12CCC(CC1)[C@@H](OC(=O)N(Cc1ccccc1)c1ccsc1)C2.O=C([O-])C(F)(F)F. The number of carboxylic acids is 1. The van der Waals surface area contributed by atoms with E-state index in [-0.39, 0.29) is 12.2 Å². The number of hydrogen-bond donors (Lipinski definition) is 0. The van der Waals surface area contributed by atoms with Gasteiger partial charge in [0.1, 0.15) is 12.5 Å². The van der Waals surface area contributed by atoms with Crippen LogP contribution in [0.2, 0.25) is 0 Å². The number of ether oxygens (including phenoxy) is 1. The Hall–Kier alpha value is -2.85. The van der Waals surface area contributed by atoms with Crippen molar-refractivity contribution in [3.05, 3.63) is 65.4 Å². The van der Waals surface area contributed by atoms with Gasteiger partial charge in [-0.25, -0.2) is 4.79 Å². The molecule has 3 aliphatic heterocycles. The summed E-state index contributed by atoms with van der Waals surface area (Å²) < 4.78 is 38.7. The highest BCUT2D eigenvalue weighted by atomic mass is 32.1. The number of thiophene rings is 1. The maximum Gasteiger partial charge on any atom is 0.430 e. The first-order valence-electron chi connectivity index (χ1n) is 10.9. The zero-order valence-corrected chi connectivity index (χ0v) is 19.4. The van der Waals surface area contributed by atoms with E-state index >= 15 is 0 Å². The van der Waals surface area contributed by atoms with Gasteiger partial charge in [0.2, 0.25) is 0 Å². The van der Waals surface area contributed by atoms with Crippen LogP contribution >= 0.6 is 11.3 Å². The quantitative estimate of drug-likeness (QED) is 0.448. The highest BCUT2D eigenvalue weighted by Gasteiger charge is 2.47.